The van der Waals surface area contributed by atoms with E-state index in [0.717, 1.165) is 70.5 Å². The van der Waals surface area contributed by atoms with E-state index in [2.05, 4.69) is 37.3 Å². The first-order valence-electron chi connectivity index (χ1n) is 19.8. The Hall–Kier alpha value is -6.32. The maximum atomic E-state index is 13.7. The van der Waals surface area contributed by atoms with Crippen molar-refractivity contribution in [2.45, 2.75) is 77.5 Å². The van der Waals surface area contributed by atoms with Crippen molar-refractivity contribution in [2.75, 3.05) is 27.3 Å². The molecule has 4 N–H and O–H groups in total. The van der Waals surface area contributed by atoms with E-state index in [1.165, 1.54) is 14.2 Å². The molecule has 0 spiro atoms. The highest BCUT2D eigenvalue weighted by atomic mass is 16.5. The third-order valence-electron chi connectivity index (χ3n) is 11.5. The molecule has 58 heavy (non-hydrogen) atoms. The van der Waals surface area contributed by atoms with Gasteiger partial charge in [-0.1, -0.05) is 27.7 Å². The van der Waals surface area contributed by atoms with E-state index in [-0.39, 0.29) is 35.7 Å². The van der Waals surface area contributed by atoms with Gasteiger partial charge < -0.3 is 49.2 Å². The summed E-state index contributed by atoms with van der Waals surface area (Å²) in [6.45, 7) is 8.72. The van der Waals surface area contributed by atoms with Crippen molar-refractivity contribution < 1.29 is 33.4 Å². The number of methoxy groups -OCH3 is 2. The summed E-state index contributed by atoms with van der Waals surface area (Å²) in [6, 6.07) is 10.1. The SMILES string of the molecule is COC(=O)N[C@H](C(=O)N1CCC[C@H]1c1ncc(-c2ccc3c(c2)-n2ccc4c(-c5cnc([C@@H]6CCCN6C(=O)[C@@H](NC(=O)OC)C(C)C)[nH]5)ccc(c42)O3)[nH]1)C(C)C. The van der Waals surface area contributed by atoms with Crippen LogP contribution in [0.4, 0.5) is 9.59 Å². The summed E-state index contributed by atoms with van der Waals surface area (Å²) in [5.74, 6) is 2.25. The third kappa shape index (κ3) is 6.89. The van der Waals surface area contributed by atoms with Gasteiger partial charge in [-0.15, -0.1) is 0 Å². The van der Waals surface area contributed by atoms with Crippen LogP contribution in [0.25, 0.3) is 39.1 Å². The van der Waals surface area contributed by atoms with Crippen LogP contribution < -0.4 is 15.4 Å². The monoisotopic (exact) mass is 791 g/mol. The number of carbonyl (C=O) groups excluding carboxylic acids is 4. The lowest BCUT2D eigenvalue weighted by atomic mass is 10.0. The Kier molecular flexibility index (Phi) is 10.3. The summed E-state index contributed by atoms with van der Waals surface area (Å²) in [7, 11) is 2.57. The number of aromatic amines is 2. The summed E-state index contributed by atoms with van der Waals surface area (Å²) in [5, 5.41) is 6.38. The summed E-state index contributed by atoms with van der Waals surface area (Å²) in [5.41, 5.74) is 5.25. The fourth-order valence-corrected chi connectivity index (χ4v) is 8.51. The average Bonchev–Trinajstić information content (AvgIpc) is 4.07. The van der Waals surface area contributed by atoms with E-state index in [1.54, 1.807) is 22.2 Å². The predicted molar refractivity (Wildman–Crippen MR) is 214 cm³/mol. The number of alkyl carbamates (subject to hydrolysis) is 2. The lowest BCUT2D eigenvalue weighted by Crippen LogP contribution is -2.51. The zero-order valence-electron chi connectivity index (χ0n) is 33.5. The van der Waals surface area contributed by atoms with Gasteiger partial charge in [0.05, 0.1) is 61.3 Å². The molecule has 3 aliphatic rings. The van der Waals surface area contributed by atoms with Gasteiger partial charge in [0.2, 0.25) is 11.8 Å². The Morgan fingerprint density at radius 3 is 1.88 bits per heavy atom. The maximum Gasteiger partial charge on any atom is 0.407 e. The molecule has 5 aromatic rings. The van der Waals surface area contributed by atoms with Gasteiger partial charge in [-0.25, -0.2) is 19.6 Å². The molecular formula is C42H49N9O7. The number of hydrogen-bond donors (Lipinski definition) is 4. The molecule has 8 rings (SSSR count). The van der Waals surface area contributed by atoms with Gasteiger partial charge in [0.1, 0.15) is 23.7 Å². The average molecular weight is 792 g/mol. The molecule has 16 nitrogen and oxygen atoms in total. The van der Waals surface area contributed by atoms with Crippen LogP contribution in [-0.4, -0.2) is 97.7 Å². The second-order valence-electron chi connectivity index (χ2n) is 15.8. The first-order valence-corrected chi connectivity index (χ1v) is 19.8. The Labute approximate surface area is 335 Å². The molecule has 3 aliphatic heterocycles. The number of nitrogens with zero attached hydrogens (tertiary/aromatic N) is 5. The molecule has 2 saturated heterocycles. The van der Waals surface area contributed by atoms with Gasteiger partial charge in [-0.05, 0) is 73.9 Å². The van der Waals surface area contributed by atoms with E-state index >= 15 is 0 Å². The number of H-pyrrole nitrogens is 2. The van der Waals surface area contributed by atoms with Crippen LogP contribution >= 0.6 is 0 Å². The summed E-state index contributed by atoms with van der Waals surface area (Å²) >= 11 is 0. The molecule has 0 aliphatic carbocycles. The Bertz CT molecular complexity index is 2380. The second kappa shape index (κ2) is 15.6. The van der Waals surface area contributed by atoms with Crippen LogP contribution in [0.1, 0.15) is 77.1 Å². The first kappa shape index (κ1) is 38.5. The molecule has 0 radical (unpaired) electrons. The highest BCUT2D eigenvalue weighted by Gasteiger charge is 2.39. The summed E-state index contributed by atoms with van der Waals surface area (Å²) < 4.78 is 18.1. The van der Waals surface area contributed by atoms with Crippen LogP contribution in [0.3, 0.4) is 0 Å². The highest BCUT2D eigenvalue weighted by Crippen LogP contribution is 2.45. The summed E-state index contributed by atoms with van der Waals surface area (Å²) in [6.07, 6.45) is 7.51. The second-order valence-corrected chi connectivity index (χ2v) is 15.8. The Balaban J connectivity index is 1.04. The zero-order chi connectivity index (χ0) is 40.8. The molecule has 3 aromatic heterocycles. The number of rotatable bonds is 10. The number of fused-ring (bicyclic) bond motifs is 2. The van der Waals surface area contributed by atoms with Gasteiger partial charge in [-0.3, -0.25) is 9.59 Å². The molecule has 304 valence electrons. The topological polar surface area (TPSA) is 189 Å². The smallest absolute Gasteiger partial charge is 0.407 e. The van der Waals surface area contributed by atoms with Crippen LogP contribution in [-0.2, 0) is 19.1 Å². The molecule has 16 heteroatoms. The van der Waals surface area contributed by atoms with E-state index in [1.807, 2.05) is 58.2 Å². The normalized spacial score (nSPS) is 18.3. The molecule has 6 heterocycles. The van der Waals surface area contributed by atoms with Crippen molar-refractivity contribution in [3.63, 3.8) is 0 Å². The number of imidazole rings is 2. The molecule has 4 atom stereocenters. The molecule has 2 aromatic carbocycles. The predicted octanol–water partition coefficient (Wildman–Crippen LogP) is 6.60. The number of carbonyl (C=O) groups is 4. The lowest BCUT2D eigenvalue weighted by molar-refractivity contribution is -0.136. The lowest BCUT2D eigenvalue weighted by Gasteiger charge is -2.30. The fraction of sp³-hybridized carbons (Fsp3) is 0.429. The van der Waals surface area contributed by atoms with Gasteiger partial charge in [0.15, 0.2) is 11.5 Å². The number of ether oxygens (including phenoxy) is 3. The van der Waals surface area contributed by atoms with Crippen LogP contribution in [0.2, 0.25) is 0 Å². The van der Waals surface area contributed by atoms with Crippen molar-refractivity contribution in [1.29, 1.82) is 0 Å². The number of benzene rings is 2. The fourth-order valence-electron chi connectivity index (χ4n) is 8.51. The molecular weight excluding hydrogens is 743 g/mol. The third-order valence-corrected chi connectivity index (χ3v) is 11.5. The van der Waals surface area contributed by atoms with Gasteiger partial charge >= 0.3 is 12.2 Å². The van der Waals surface area contributed by atoms with Crippen LogP contribution in [0.15, 0.2) is 55.0 Å². The van der Waals surface area contributed by atoms with E-state index in [4.69, 9.17) is 24.2 Å². The maximum absolute atomic E-state index is 13.7. The van der Waals surface area contributed by atoms with Crippen LogP contribution in [0.5, 0.6) is 11.5 Å². The van der Waals surface area contributed by atoms with E-state index in [0.29, 0.717) is 30.5 Å². The first-order chi connectivity index (χ1) is 28.0. The highest BCUT2D eigenvalue weighted by molar-refractivity contribution is 6.00. The number of likely N-dealkylation sites (tertiary alicyclic amines) is 2. The van der Waals surface area contributed by atoms with Crippen molar-refractivity contribution in [3.05, 3.63) is 66.6 Å². The van der Waals surface area contributed by atoms with Crippen molar-refractivity contribution >= 4 is 34.9 Å². The molecule has 0 saturated carbocycles. The molecule has 4 amide bonds. The number of nitrogens with one attached hydrogen (secondary N) is 4. The van der Waals surface area contributed by atoms with Gasteiger partial charge in [0.25, 0.3) is 0 Å². The Morgan fingerprint density at radius 1 is 0.759 bits per heavy atom. The largest absolute Gasteiger partial charge is 0.453 e. The minimum absolute atomic E-state index is 0.127. The minimum atomic E-state index is -0.715. The molecule has 0 unspecified atom stereocenters. The molecule has 2 fully saturated rings. The zero-order valence-corrected chi connectivity index (χ0v) is 33.5. The van der Waals surface area contributed by atoms with Gasteiger partial charge in [-0.2, -0.15) is 0 Å². The minimum Gasteiger partial charge on any atom is -0.453 e. The van der Waals surface area contributed by atoms with Crippen molar-refractivity contribution in [1.82, 2.24) is 44.9 Å². The van der Waals surface area contributed by atoms with Crippen molar-refractivity contribution in [2.24, 2.45) is 11.8 Å². The summed E-state index contributed by atoms with van der Waals surface area (Å²) in [4.78, 5) is 71.6. The van der Waals surface area contributed by atoms with Crippen LogP contribution in [0, 0.1) is 11.8 Å². The quantitative estimate of drug-likeness (QED) is 0.118. The number of amides is 4. The number of hydrogen-bond acceptors (Lipinski definition) is 9. The van der Waals surface area contributed by atoms with E-state index in [9.17, 15) is 19.2 Å². The molecule has 0 bridgehead atoms. The Morgan fingerprint density at radius 2 is 1.31 bits per heavy atom. The van der Waals surface area contributed by atoms with Gasteiger partial charge in [0, 0.05) is 35.8 Å². The van der Waals surface area contributed by atoms with E-state index < -0.39 is 24.3 Å². The number of aromatic nitrogens is 5. The van der Waals surface area contributed by atoms with Crippen molar-refractivity contribution in [3.8, 4) is 39.7 Å². The standard InChI is InChI=1S/C42H49N9O7/c1-22(2)34(47-41(54)56-5)39(52)50-16-7-9-29(50)37-43-20-27(45-37)24-11-13-32-31(19-24)49-18-15-26-25(12-14-33(58-32)36(26)49)28-21-44-38(46-28)30-10-8-17-51(30)40(53)35(23(3)4)48-42(55)57-6/h11-15,18-23,29-30,34-35H,7-10,16-17H2,1-6H3,(H,43,45)(H,44,46)(H,47,54)(H,48,55)/t29-,30-,34-,35-/m0/s1.